The lowest BCUT2D eigenvalue weighted by molar-refractivity contribution is 0.201. The normalized spacial score (nSPS) is 22.7. The van der Waals surface area contributed by atoms with Crippen LogP contribution in [0.3, 0.4) is 0 Å². The van der Waals surface area contributed by atoms with Gasteiger partial charge in [0.25, 0.3) is 5.88 Å². The van der Waals surface area contributed by atoms with Crippen molar-refractivity contribution >= 4 is 0 Å². The predicted molar refractivity (Wildman–Crippen MR) is 70.1 cm³/mol. The van der Waals surface area contributed by atoms with Gasteiger partial charge < -0.3 is 10.5 Å². The van der Waals surface area contributed by atoms with E-state index >= 15 is 0 Å². The summed E-state index contributed by atoms with van der Waals surface area (Å²) in [7, 11) is 2.91. The van der Waals surface area contributed by atoms with Crippen LogP contribution in [0.5, 0.6) is 5.88 Å². The Bertz CT molecular complexity index is 563. The van der Waals surface area contributed by atoms with Crippen molar-refractivity contribution in [1.82, 2.24) is 14.3 Å². The molecule has 0 aromatic carbocycles. The maximum Gasteiger partial charge on any atom is 0.347 e. The summed E-state index contributed by atoms with van der Waals surface area (Å²) < 4.78 is 7.61. The molecule has 0 aliphatic heterocycles. The standard InChI is InChI=1S/C12H20N4O3/c1-15-11(17)10(14-16(2)12(15)18)19-7-9-5-3-4-8(9)6-13/h8-9H,3-7,13H2,1-2H3. The van der Waals surface area contributed by atoms with E-state index < -0.39 is 11.2 Å². The summed E-state index contributed by atoms with van der Waals surface area (Å²) in [5.41, 5.74) is 4.75. The van der Waals surface area contributed by atoms with Crippen molar-refractivity contribution in [3.63, 3.8) is 0 Å². The number of rotatable bonds is 4. The third-order valence-electron chi connectivity index (χ3n) is 3.85. The average Bonchev–Trinajstić information content (AvgIpc) is 2.86. The molecule has 1 heterocycles. The second-order valence-corrected chi connectivity index (χ2v) is 5.07. The lowest BCUT2D eigenvalue weighted by Gasteiger charge is -2.17. The van der Waals surface area contributed by atoms with Crippen molar-refractivity contribution in [2.24, 2.45) is 31.7 Å². The molecular weight excluding hydrogens is 248 g/mol. The fourth-order valence-corrected chi connectivity index (χ4v) is 2.59. The van der Waals surface area contributed by atoms with Crippen LogP contribution in [-0.2, 0) is 14.1 Å². The molecule has 0 bridgehead atoms. The van der Waals surface area contributed by atoms with E-state index in [9.17, 15) is 9.59 Å². The highest BCUT2D eigenvalue weighted by atomic mass is 16.5. The number of hydrogen-bond acceptors (Lipinski definition) is 5. The zero-order valence-electron chi connectivity index (χ0n) is 11.3. The SMILES string of the molecule is Cn1nc(OCC2CCCC2CN)c(=O)n(C)c1=O. The van der Waals surface area contributed by atoms with Crippen LogP contribution in [0, 0.1) is 11.8 Å². The first-order valence-corrected chi connectivity index (χ1v) is 6.51. The van der Waals surface area contributed by atoms with E-state index in [1.165, 1.54) is 14.1 Å². The summed E-state index contributed by atoms with van der Waals surface area (Å²) in [6, 6.07) is 0. The Morgan fingerprint density at radius 2 is 2.00 bits per heavy atom. The Hall–Kier alpha value is -1.63. The first-order valence-electron chi connectivity index (χ1n) is 6.51. The summed E-state index contributed by atoms with van der Waals surface area (Å²) in [6.45, 7) is 1.08. The van der Waals surface area contributed by atoms with E-state index in [1.54, 1.807) is 0 Å². The third kappa shape index (κ3) is 2.70. The van der Waals surface area contributed by atoms with Crippen molar-refractivity contribution in [2.75, 3.05) is 13.2 Å². The number of hydrogen-bond donors (Lipinski definition) is 1. The molecule has 2 rings (SSSR count). The van der Waals surface area contributed by atoms with Gasteiger partial charge in [-0.25, -0.2) is 9.48 Å². The molecule has 7 nitrogen and oxygen atoms in total. The topological polar surface area (TPSA) is 92.1 Å². The van der Waals surface area contributed by atoms with Crippen LogP contribution in [0.15, 0.2) is 9.59 Å². The van der Waals surface area contributed by atoms with E-state index in [0.717, 1.165) is 28.5 Å². The fourth-order valence-electron chi connectivity index (χ4n) is 2.59. The van der Waals surface area contributed by atoms with Gasteiger partial charge in [0.15, 0.2) is 0 Å². The zero-order valence-corrected chi connectivity index (χ0v) is 11.3. The molecule has 1 fully saturated rings. The van der Waals surface area contributed by atoms with Crippen LogP contribution in [0.1, 0.15) is 19.3 Å². The van der Waals surface area contributed by atoms with Gasteiger partial charge in [0.2, 0.25) is 0 Å². The minimum absolute atomic E-state index is 0.0210. The molecule has 1 saturated carbocycles. The monoisotopic (exact) mass is 268 g/mol. The summed E-state index contributed by atoms with van der Waals surface area (Å²) in [4.78, 5) is 23.3. The van der Waals surface area contributed by atoms with Crippen LogP contribution < -0.4 is 21.7 Å². The molecule has 19 heavy (non-hydrogen) atoms. The van der Waals surface area contributed by atoms with Crippen LogP contribution in [0.4, 0.5) is 0 Å². The maximum atomic E-state index is 11.8. The lowest BCUT2D eigenvalue weighted by atomic mass is 9.97. The van der Waals surface area contributed by atoms with Crippen molar-refractivity contribution in [2.45, 2.75) is 19.3 Å². The van der Waals surface area contributed by atoms with Gasteiger partial charge in [-0.1, -0.05) is 6.42 Å². The van der Waals surface area contributed by atoms with Crippen LogP contribution in [0.2, 0.25) is 0 Å². The molecule has 2 atom stereocenters. The highest BCUT2D eigenvalue weighted by Gasteiger charge is 2.27. The average molecular weight is 268 g/mol. The summed E-state index contributed by atoms with van der Waals surface area (Å²) in [5, 5.41) is 3.86. The number of aryl methyl sites for hydroxylation is 1. The number of nitrogens with two attached hydrogens (primary N) is 1. The van der Waals surface area contributed by atoms with Crippen molar-refractivity contribution in [3.05, 3.63) is 20.8 Å². The molecule has 7 heteroatoms. The van der Waals surface area contributed by atoms with Crippen LogP contribution in [-0.4, -0.2) is 27.5 Å². The number of ether oxygens (including phenoxy) is 1. The molecule has 106 valence electrons. The lowest BCUT2D eigenvalue weighted by Crippen LogP contribution is -2.39. The molecule has 0 saturated heterocycles. The Balaban J connectivity index is 2.12. The van der Waals surface area contributed by atoms with Crippen LogP contribution in [0.25, 0.3) is 0 Å². The molecule has 2 N–H and O–H groups in total. The highest BCUT2D eigenvalue weighted by molar-refractivity contribution is 5.01. The van der Waals surface area contributed by atoms with Gasteiger partial charge in [0.1, 0.15) is 0 Å². The molecule has 1 aromatic rings. The zero-order chi connectivity index (χ0) is 14.0. The second-order valence-electron chi connectivity index (χ2n) is 5.07. The molecule has 0 radical (unpaired) electrons. The van der Waals surface area contributed by atoms with E-state index in [2.05, 4.69) is 5.10 Å². The summed E-state index contributed by atoms with van der Waals surface area (Å²) in [6.07, 6.45) is 3.33. The summed E-state index contributed by atoms with van der Waals surface area (Å²) in [5.74, 6) is 0.803. The highest BCUT2D eigenvalue weighted by Crippen LogP contribution is 2.30. The first-order chi connectivity index (χ1) is 9.04. The van der Waals surface area contributed by atoms with Crippen molar-refractivity contribution in [1.29, 1.82) is 0 Å². The van der Waals surface area contributed by atoms with E-state index in [-0.39, 0.29) is 5.88 Å². The van der Waals surface area contributed by atoms with Gasteiger partial charge in [-0.3, -0.25) is 9.36 Å². The predicted octanol–water partition coefficient (Wildman–Crippen LogP) is -0.767. The van der Waals surface area contributed by atoms with Crippen molar-refractivity contribution in [3.8, 4) is 5.88 Å². The van der Waals surface area contributed by atoms with Gasteiger partial charge in [0, 0.05) is 14.1 Å². The van der Waals surface area contributed by atoms with Crippen LogP contribution >= 0.6 is 0 Å². The van der Waals surface area contributed by atoms with E-state index in [0.29, 0.717) is 25.0 Å². The quantitative estimate of drug-likeness (QED) is 0.774. The van der Waals surface area contributed by atoms with Gasteiger partial charge in [-0.2, -0.15) is 0 Å². The molecule has 1 aromatic heterocycles. The molecule has 1 aliphatic carbocycles. The van der Waals surface area contributed by atoms with Gasteiger partial charge in [-0.15, -0.1) is 5.10 Å². The number of aromatic nitrogens is 3. The maximum absolute atomic E-state index is 11.8. The summed E-state index contributed by atoms with van der Waals surface area (Å²) >= 11 is 0. The largest absolute Gasteiger partial charge is 0.472 e. The minimum Gasteiger partial charge on any atom is -0.472 e. The Morgan fingerprint density at radius 1 is 1.32 bits per heavy atom. The Morgan fingerprint density at radius 3 is 2.68 bits per heavy atom. The molecular formula is C12H20N4O3. The smallest absolute Gasteiger partial charge is 0.347 e. The minimum atomic E-state index is -0.495. The molecule has 0 spiro atoms. The van der Waals surface area contributed by atoms with Gasteiger partial charge in [-0.05, 0) is 31.2 Å². The number of nitrogens with zero attached hydrogens (tertiary/aromatic N) is 3. The third-order valence-corrected chi connectivity index (χ3v) is 3.85. The first kappa shape index (κ1) is 13.8. The molecule has 0 amide bonds. The van der Waals surface area contributed by atoms with Gasteiger partial charge in [0.05, 0.1) is 6.61 Å². The van der Waals surface area contributed by atoms with E-state index in [1.807, 2.05) is 0 Å². The molecule has 2 unspecified atom stereocenters. The van der Waals surface area contributed by atoms with E-state index in [4.69, 9.17) is 10.5 Å². The second kappa shape index (κ2) is 5.56. The Labute approximate surface area is 111 Å². The molecule has 1 aliphatic rings. The van der Waals surface area contributed by atoms with Gasteiger partial charge >= 0.3 is 11.2 Å². The van der Waals surface area contributed by atoms with Crippen molar-refractivity contribution < 1.29 is 4.74 Å². The Kier molecular flexibility index (Phi) is 4.04. The fraction of sp³-hybridized carbons (Fsp3) is 0.750.